The van der Waals surface area contributed by atoms with E-state index in [-0.39, 0.29) is 5.57 Å². The van der Waals surface area contributed by atoms with Crippen molar-refractivity contribution in [2.75, 3.05) is 0 Å². The molecular formula is C10H11FO3. The third kappa shape index (κ3) is 1.84. The zero-order valence-electron chi connectivity index (χ0n) is 8.22. The van der Waals surface area contributed by atoms with Crippen LogP contribution >= 0.6 is 0 Å². The predicted molar refractivity (Wildman–Crippen MR) is 49.5 cm³/mol. The Morgan fingerprint density at radius 3 is 2.43 bits per heavy atom. The first-order valence-corrected chi connectivity index (χ1v) is 4.10. The number of carboxylic acid groups (broad SMARTS) is 1. The topological polar surface area (TPSA) is 50.4 Å². The third-order valence-corrected chi connectivity index (χ3v) is 1.96. The molecule has 0 radical (unpaired) electrons. The Bertz CT molecular complexity index is 401. The van der Waals surface area contributed by atoms with Crippen LogP contribution in [0.4, 0.5) is 4.39 Å². The maximum atomic E-state index is 13.0. The molecule has 1 aromatic rings. The maximum absolute atomic E-state index is 13.0. The minimum Gasteiger partial charge on any atom is -0.476 e. The molecule has 1 rings (SSSR count). The summed E-state index contributed by atoms with van der Waals surface area (Å²) in [6.07, 6.45) is 0. The van der Waals surface area contributed by atoms with Gasteiger partial charge in [-0.1, -0.05) is 0 Å². The summed E-state index contributed by atoms with van der Waals surface area (Å²) in [5.74, 6) is -1.54. The quantitative estimate of drug-likeness (QED) is 0.743. The monoisotopic (exact) mass is 198 g/mol. The first-order chi connectivity index (χ1) is 6.43. The van der Waals surface area contributed by atoms with Crippen LogP contribution in [0.3, 0.4) is 0 Å². The van der Waals surface area contributed by atoms with Gasteiger partial charge in [0.05, 0.1) is 0 Å². The zero-order valence-corrected chi connectivity index (χ0v) is 8.22. The van der Waals surface area contributed by atoms with Gasteiger partial charge in [-0.25, -0.2) is 4.79 Å². The average Bonchev–Trinajstić information content (AvgIpc) is 2.42. The van der Waals surface area contributed by atoms with Crippen LogP contribution in [0.5, 0.6) is 0 Å². The third-order valence-electron chi connectivity index (χ3n) is 1.96. The molecule has 0 atom stereocenters. The van der Waals surface area contributed by atoms with Crippen LogP contribution < -0.4 is 0 Å². The minimum absolute atomic E-state index is 0.0897. The molecule has 0 aromatic carbocycles. The zero-order chi connectivity index (χ0) is 10.9. The number of carbonyl (C=O) groups is 1. The molecule has 0 aliphatic rings. The van der Waals surface area contributed by atoms with E-state index in [1.165, 1.54) is 6.92 Å². The van der Waals surface area contributed by atoms with Gasteiger partial charge in [0.15, 0.2) is 0 Å². The molecule has 0 fully saturated rings. The van der Waals surface area contributed by atoms with Crippen molar-refractivity contribution < 1.29 is 18.7 Å². The lowest BCUT2D eigenvalue weighted by Crippen LogP contribution is -1.97. The molecule has 0 saturated heterocycles. The number of hydrogen-bond acceptors (Lipinski definition) is 2. The van der Waals surface area contributed by atoms with Crippen molar-refractivity contribution in [1.82, 2.24) is 0 Å². The molecule has 1 aromatic heterocycles. The van der Waals surface area contributed by atoms with E-state index < -0.39 is 11.8 Å². The Hall–Kier alpha value is -1.58. The van der Waals surface area contributed by atoms with Gasteiger partial charge >= 0.3 is 5.97 Å². The molecule has 0 bridgehead atoms. The lowest BCUT2D eigenvalue weighted by atomic mass is 10.1. The number of aliphatic carboxylic acids is 1. The van der Waals surface area contributed by atoms with E-state index in [1.807, 2.05) is 0 Å². The number of hydrogen-bond donors (Lipinski definition) is 1. The molecule has 0 unspecified atom stereocenters. The highest BCUT2D eigenvalue weighted by Gasteiger charge is 2.15. The standard InChI is InChI=1S/C10H11FO3/c1-5-4-8(7(3)14-5)6(2)9(11)10(12)13/h4H,1-3H3,(H,12,13). The van der Waals surface area contributed by atoms with Crippen LogP contribution in [0, 0.1) is 13.8 Å². The van der Waals surface area contributed by atoms with Crippen molar-refractivity contribution in [3.8, 4) is 0 Å². The average molecular weight is 198 g/mol. The number of furan rings is 1. The van der Waals surface area contributed by atoms with Gasteiger partial charge in [0.2, 0.25) is 5.83 Å². The van der Waals surface area contributed by atoms with Crippen molar-refractivity contribution in [2.24, 2.45) is 0 Å². The molecule has 0 spiro atoms. The number of allylic oxidation sites excluding steroid dienone is 1. The second-order valence-electron chi connectivity index (χ2n) is 3.07. The summed E-state index contributed by atoms with van der Waals surface area (Å²) >= 11 is 0. The van der Waals surface area contributed by atoms with E-state index in [1.54, 1.807) is 19.9 Å². The van der Waals surface area contributed by atoms with Gasteiger partial charge in [-0.15, -0.1) is 0 Å². The summed E-state index contributed by atoms with van der Waals surface area (Å²) in [6, 6.07) is 1.62. The van der Waals surface area contributed by atoms with Crippen molar-refractivity contribution in [3.05, 3.63) is 29.0 Å². The smallest absolute Gasteiger partial charge is 0.365 e. The van der Waals surface area contributed by atoms with E-state index >= 15 is 0 Å². The lowest BCUT2D eigenvalue weighted by Gasteiger charge is -1.98. The summed E-state index contributed by atoms with van der Waals surface area (Å²) < 4.78 is 18.2. The van der Waals surface area contributed by atoms with Crippen LogP contribution in [-0.2, 0) is 4.79 Å². The number of halogens is 1. The summed E-state index contributed by atoms with van der Waals surface area (Å²) in [6.45, 7) is 4.81. The predicted octanol–water partition coefficient (Wildman–Crippen LogP) is 2.68. The molecule has 14 heavy (non-hydrogen) atoms. The fraction of sp³-hybridized carbons (Fsp3) is 0.300. The Labute approximate surface area is 80.8 Å². The first kappa shape index (κ1) is 10.5. The van der Waals surface area contributed by atoms with Crippen LogP contribution in [0.25, 0.3) is 5.57 Å². The molecule has 4 heteroatoms. The molecule has 1 heterocycles. The number of rotatable bonds is 2. The Morgan fingerprint density at radius 1 is 1.50 bits per heavy atom. The highest BCUT2D eigenvalue weighted by molar-refractivity contribution is 5.93. The van der Waals surface area contributed by atoms with Gasteiger partial charge in [0.25, 0.3) is 0 Å². The lowest BCUT2D eigenvalue weighted by molar-refractivity contribution is -0.134. The van der Waals surface area contributed by atoms with E-state index in [2.05, 4.69) is 0 Å². The largest absolute Gasteiger partial charge is 0.476 e. The highest BCUT2D eigenvalue weighted by atomic mass is 19.1. The van der Waals surface area contributed by atoms with Crippen LogP contribution in [0.1, 0.15) is 24.0 Å². The Balaban J connectivity index is 3.24. The second-order valence-corrected chi connectivity index (χ2v) is 3.07. The van der Waals surface area contributed by atoms with Gasteiger partial charge in [-0.3, -0.25) is 0 Å². The van der Waals surface area contributed by atoms with E-state index in [9.17, 15) is 9.18 Å². The fourth-order valence-corrected chi connectivity index (χ4v) is 1.28. The number of aryl methyl sites for hydroxylation is 2. The summed E-state index contributed by atoms with van der Waals surface area (Å²) in [7, 11) is 0. The summed E-state index contributed by atoms with van der Waals surface area (Å²) in [5.41, 5.74) is 0.592. The summed E-state index contributed by atoms with van der Waals surface area (Å²) in [4.78, 5) is 10.4. The van der Waals surface area contributed by atoms with E-state index in [4.69, 9.17) is 9.52 Å². The van der Waals surface area contributed by atoms with Gasteiger partial charge in [0.1, 0.15) is 11.5 Å². The SMILES string of the molecule is CC(=C(F)C(=O)O)c1cc(C)oc1C. The molecule has 0 aliphatic carbocycles. The minimum atomic E-state index is -1.55. The molecule has 0 saturated carbocycles. The molecule has 3 nitrogen and oxygen atoms in total. The Morgan fingerprint density at radius 2 is 2.07 bits per heavy atom. The normalized spacial score (nSPS) is 12.6. The van der Waals surface area contributed by atoms with Gasteiger partial charge < -0.3 is 9.52 Å². The fourth-order valence-electron chi connectivity index (χ4n) is 1.28. The summed E-state index contributed by atoms with van der Waals surface area (Å²) in [5, 5.41) is 8.45. The Kier molecular flexibility index (Phi) is 2.74. The van der Waals surface area contributed by atoms with Crippen molar-refractivity contribution in [1.29, 1.82) is 0 Å². The van der Waals surface area contributed by atoms with Crippen molar-refractivity contribution in [3.63, 3.8) is 0 Å². The first-order valence-electron chi connectivity index (χ1n) is 4.10. The van der Waals surface area contributed by atoms with Gasteiger partial charge in [0, 0.05) is 11.1 Å². The van der Waals surface area contributed by atoms with Crippen molar-refractivity contribution in [2.45, 2.75) is 20.8 Å². The second kappa shape index (κ2) is 3.65. The van der Waals surface area contributed by atoms with Crippen LogP contribution in [0.2, 0.25) is 0 Å². The van der Waals surface area contributed by atoms with E-state index in [0.717, 1.165) is 0 Å². The molecule has 0 amide bonds. The maximum Gasteiger partial charge on any atom is 0.365 e. The molecular weight excluding hydrogens is 187 g/mol. The van der Waals surface area contributed by atoms with Crippen LogP contribution in [0.15, 0.2) is 16.3 Å². The molecule has 76 valence electrons. The molecule has 1 N–H and O–H groups in total. The van der Waals surface area contributed by atoms with Gasteiger partial charge in [-0.2, -0.15) is 4.39 Å². The number of carboxylic acids is 1. The molecule has 0 aliphatic heterocycles. The highest BCUT2D eigenvalue weighted by Crippen LogP contribution is 2.25. The van der Waals surface area contributed by atoms with Gasteiger partial charge in [-0.05, 0) is 26.8 Å². The van der Waals surface area contributed by atoms with E-state index in [0.29, 0.717) is 17.1 Å². The van der Waals surface area contributed by atoms with Crippen molar-refractivity contribution >= 4 is 11.5 Å². The van der Waals surface area contributed by atoms with Crippen LogP contribution in [-0.4, -0.2) is 11.1 Å².